The molecular weight excluding hydrogens is 665 g/mol. The van der Waals surface area contributed by atoms with Crippen molar-refractivity contribution in [2.75, 3.05) is 59.5 Å². The maximum atomic E-state index is 12.2. The summed E-state index contributed by atoms with van der Waals surface area (Å²) >= 11 is 0. The molecule has 0 bridgehead atoms. The second-order valence-corrected chi connectivity index (χ2v) is 12.5. The second kappa shape index (κ2) is 22.3. The lowest BCUT2D eigenvalue weighted by Crippen LogP contribution is -2.33. The number of nitrogens with zero attached hydrogens (tertiary/aromatic N) is 7. The average molecular weight is 704 g/mol. The number of carboxylic acid groups (broad SMARTS) is 1. The highest BCUT2D eigenvalue weighted by molar-refractivity contribution is 7.57. The van der Waals surface area contributed by atoms with Gasteiger partial charge in [-0.05, 0) is 24.9 Å². The van der Waals surface area contributed by atoms with Crippen LogP contribution in [0.1, 0.15) is 32.1 Å². The lowest BCUT2D eigenvalue weighted by Gasteiger charge is -2.18. The van der Waals surface area contributed by atoms with E-state index in [9.17, 15) is 28.8 Å². The van der Waals surface area contributed by atoms with E-state index in [0.29, 0.717) is 0 Å². The van der Waals surface area contributed by atoms with Gasteiger partial charge in [0, 0.05) is 35.8 Å². The first-order valence-electron chi connectivity index (χ1n) is 14.0. The first-order valence-corrected chi connectivity index (χ1v) is 16.6. The van der Waals surface area contributed by atoms with Gasteiger partial charge < -0.3 is 39.2 Å². The zero-order valence-corrected chi connectivity index (χ0v) is 27.5. The molecule has 5 atom stereocenters. The summed E-state index contributed by atoms with van der Waals surface area (Å²) in [6.07, 6.45) is -3.34. The lowest BCUT2D eigenvalue weighted by molar-refractivity contribution is -0.142. The molecular formula is C25H38N9O13P. The van der Waals surface area contributed by atoms with Gasteiger partial charge in [0.25, 0.3) is 5.56 Å². The SMILES string of the molecule is CC(N=[N+]=[N-])OCCOCC(=O)NCC#Cc1cn(C2CC(O)C(OP(C)(C)=O)O2)c(=O)[nH]c1=O.CC(N=[N+]=[N-])OCCOCC(=O)O. The van der Waals surface area contributed by atoms with Crippen LogP contribution in [0.15, 0.2) is 26.0 Å². The fraction of sp³-hybridized carbons (Fsp3) is 0.680. The number of aromatic nitrogens is 2. The summed E-state index contributed by atoms with van der Waals surface area (Å²) < 4.78 is 43.4. The van der Waals surface area contributed by atoms with Crippen molar-refractivity contribution in [2.45, 2.75) is 51.3 Å². The van der Waals surface area contributed by atoms with Crippen LogP contribution in [0, 0.1) is 11.8 Å². The van der Waals surface area contributed by atoms with Crippen molar-refractivity contribution < 1.29 is 52.6 Å². The summed E-state index contributed by atoms with van der Waals surface area (Å²) in [6, 6.07) is 0. The maximum Gasteiger partial charge on any atom is 0.330 e. The molecule has 1 fully saturated rings. The smallest absolute Gasteiger partial charge is 0.330 e. The van der Waals surface area contributed by atoms with E-state index in [1.54, 1.807) is 13.8 Å². The number of azide groups is 2. The molecule has 0 radical (unpaired) electrons. The molecule has 1 aliphatic heterocycles. The number of hydrogen-bond acceptors (Lipinski definition) is 14. The van der Waals surface area contributed by atoms with Crippen molar-refractivity contribution in [1.82, 2.24) is 14.9 Å². The van der Waals surface area contributed by atoms with Gasteiger partial charge in [-0.3, -0.25) is 28.2 Å². The van der Waals surface area contributed by atoms with Crippen LogP contribution in [0.3, 0.4) is 0 Å². The maximum absolute atomic E-state index is 12.2. The van der Waals surface area contributed by atoms with Crippen molar-refractivity contribution in [3.8, 4) is 11.8 Å². The second-order valence-electron chi connectivity index (χ2n) is 9.76. The van der Waals surface area contributed by atoms with Crippen molar-refractivity contribution in [3.05, 3.63) is 53.5 Å². The molecule has 2 heterocycles. The summed E-state index contributed by atoms with van der Waals surface area (Å²) in [7, 11) is -2.96. The number of carboxylic acids is 1. The van der Waals surface area contributed by atoms with Gasteiger partial charge >= 0.3 is 11.7 Å². The van der Waals surface area contributed by atoms with Crippen LogP contribution in [0.25, 0.3) is 20.9 Å². The van der Waals surface area contributed by atoms with Gasteiger partial charge in [-0.15, -0.1) is 0 Å². The fourth-order valence-corrected chi connectivity index (χ4v) is 4.05. The average Bonchev–Trinajstić information content (AvgIpc) is 3.34. The summed E-state index contributed by atoms with van der Waals surface area (Å²) in [6.45, 7) is 5.79. The molecule has 2 rings (SSSR count). The van der Waals surface area contributed by atoms with E-state index in [1.165, 1.54) is 19.5 Å². The highest BCUT2D eigenvalue weighted by Gasteiger charge is 2.38. The van der Waals surface area contributed by atoms with E-state index < -0.39 is 61.6 Å². The summed E-state index contributed by atoms with van der Waals surface area (Å²) in [5.74, 6) is 3.67. The van der Waals surface area contributed by atoms with E-state index in [4.69, 9.17) is 39.6 Å². The van der Waals surface area contributed by atoms with Crippen LogP contribution in [0.4, 0.5) is 0 Å². The van der Waals surface area contributed by atoms with Gasteiger partial charge in [0.2, 0.25) is 5.91 Å². The number of carbonyl (C=O) groups excluding carboxylic acids is 1. The van der Waals surface area contributed by atoms with Crippen LogP contribution in [-0.2, 0) is 42.4 Å². The van der Waals surface area contributed by atoms with Gasteiger partial charge in [-0.25, -0.2) is 9.59 Å². The molecule has 1 aliphatic rings. The Balaban J connectivity index is 0.000000747. The van der Waals surface area contributed by atoms with E-state index in [1.807, 2.05) is 0 Å². The zero-order valence-electron chi connectivity index (χ0n) is 26.6. The van der Waals surface area contributed by atoms with Crippen LogP contribution >= 0.6 is 7.37 Å². The molecule has 0 spiro atoms. The minimum absolute atomic E-state index is 0.0327. The molecule has 1 saturated heterocycles. The number of nitrogens with one attached hydrogen (secondary N) is 2. The Morgan fingerprint density at radius 3 is 2.25 bits per heavy atom. The van der Waals surface area contributed by atoms with Gasteiger partial charge in [-0.1, -0.05) is 22.1 Å². The molecule has 5 unspecified atom stereocenters. The molecule has 0 aliphatic carbocycles. The standard InChI is InChI=1S/C19H27N6O9P.C6H11N3O4/c1-12(23-24-20)32-8-7-31-11-15(27)21-6-4-5-13-10-25(19(29)22-17(13)28)16-9-14(26)18(33-16)34-35(2,3)30;1-5(8-9-7)13-3-2-12-4-6(10)11/h10,12,14,16,18,26H,6-9,11H2,1-3H3,(H,21,27)(H,22,28,29);5H,2-4H2,1H3,(H,10,11). The van der Waals surface area contributed by atoms with Crippen molar-refractivity contribution in [3.63, 3.8) is 0 Å². The molecule has 1 aromatic heterocycles. The number of aromatic amines is 1. The molecule has 23 heteroatoms. The number of ether oxygens (including phenoxy) is 5. The lowest BCUT2D eigenvalue weighted by atomic mass is 10.2. The number of carbonyl (C=O) groups is 2. The fourth-order valence-electron chi connectivity index (χ4n) is 3.36. The Kier molecular flexibility index (Phi) is 19.4. The number of H-pyrrole nitrogens is 1. The van der Waals surface area contributed by atoms with Gasteiger partial charge in [0.1, 0.15) is 43.6 Å². The molecule has 22 nitrogen and oxygen atoms in total. The molecule has 4 N–H and O–H groups in total. The molecule has 0 saturated carbocycles. The van der Waals surface area contributed by atoms with E-state index in [0.717, 1.165) is 4.57 Å². The number of hydrogen-bond donors (Lipinski definition) is 4. The van der Waals surface area contributed by atoms with Crippen LogP contribution in [0.5, 0.6) is 0 Å². The van der Waals surface area contributed by atoms with Crippen LogP contribution in [0.2, 0.25) is 0 Å². The highest BCUT2D eigenvalue weighted by Crippen LogP contribution is 2.43. The monoisotopic (exact) mass is 703 g/mol. The third-order valence-electron chi connectivity index (χ3n) is 5.34. The van der Waals surface area contributed by atoms with Gasteiger partial charge in [0.15, 0.2) is 13.7 Å². The molecule has 1 aromatic rings. The summed E-state index contributed by atoms with van der Waals surface area (Å²) in [4.78, 5) is 53.2. The minimum atomic E-state index is -2.96. The Hall–Kier alpha value is -4.25. The topological polar surface area (TPSA) is 311 Å². The van der Waals surface area contributed by atoms with Crippen molar-refractivity contribution in [2.24, 2.45) is 10.2 Å². The molecule has 48 heavy (non-hydrogen) atoms. The van der Waals surface area contributed by atoms with Crippen molar-refractivity contribution in [1.29, 1.82) is 0 Å². The third-order valence-corrected chi connectivity index (χ3v) is 6.06. The first-order chi connectivity index (χ1) is 22.7. The highest BCUT2D eigenvalue weighted by atomic mass is 31.2. The Morgan fingerprint density at radius 2 is 1.71 bits per heavy atom. The van der Waals surface area contributed by atoms with E-state index >= 15 is 0 Å². The van der Waals surface area contributed by atoms with Crippen molar-refractivity contribution >= 4 is 19.2 Å². The quantitative estimate of drug-likeness (QED) is 0.0407. The number of rotatable bonds is 18. The zero-order chi connectivity index (χ0) is 36.1. The Bertz CT molecular complexity index is 1520. The summed E-state index contributed by atoms with van der Waals surface area (Å²) in [5.41, 5.74) is 14.6. The Labute approximate surface area is 273 Å². The van der Waals surface area contributed by atoms with Gasteiger partial charge in [-0.2, -0.15) is 0 Å². The van der Waals surface area contributed by atoms with Crippen LogP contribution in [-0.4, -0.2) is 116 Å². The normalized spacial score (nSPS) is 18.1. The predicted octanol–water partition coefficient (Wildman–Crippen LogP) is 0.615. The molecule has 266 valence electrons. The third kappa shape index (κ3) is 18.2. The number of aliphatic carboxylic acids is 1. The molecule has 0 aromatic carbocycles. The van der Waals surface area contributed by atoms with Crippen LogP contribution < -0.4 is 16.6 Å². The minimum Gasteiger partial charge on any atom is -0.480 e. The number of amides is 1. The predicted molar refractivity (Wildman–Crippen MR) is 165 cm³/mol. The van der Waals surface area contributed by atoms with E-state index in [2.05, 4.69) is 46.9 Å². The number of aliphatic hydroxyl groups is 1. The van der Waals surface area contributed by atoms with Gasteiger partial charge in [0.05, 0.1) is 33.0 Å². The Morgan fingerprint density at radius 1 is 1.12 bits per heavy atom. The van der Waals surface area contributed by atoms with E-state index in [-0.39, 0.29) is 58.2 Å². The number of aliphatic hydroxyl groups excluding tert-OH is 1. The summed E-state index contributed by atoms with van der Waals surface area (Å²) in [5, 5.41) is 27.3. The molecule has 1 amide bonds. The first kappa shape index (κ1) is 41.8. The largest absolute Gasteiger partial charge is 0.480 e.